The summed E-state index contributed by atoms with van der Waals surface area (Å²) in [6, 6.07) is 37.7. The Morgan fingerprint density at radius 1 is 0.884 bits per heavy atom. The van der Waals surface area contributed by atoms with E-state index in [4.69, 9.17) is 16.3 Å². The Morgan fingerprint density at radius 3 is 2.00 bits per heavy atom. The monoisotopic (exact) mass is 605 g/mol. The first-order chi connectivity index (χ1) is 21.0. The number of allylic oxidation sites excluding steroid dienone is 1. The van der Waals surface area contributed by atoms with Crippen molar-refractivity contribution in [3.63, 3.8) is 0 Å². The zero-order valence-corrected chi connectivity index (χ0v) is 24.9. The molecule has 1 heterocycles. The topological polar surface area (TPSA) is 82.4 Å². The third-order valence-electron chi connectivity index (χ3n) is 6.84. The molecule has 1 aliphatic rings. The van der Waals surface area contributed by atoms with E-state index in [0.29, 0.717) is 21.3 Å². The summed E-state index contributed by atoms with van der Waals surface area (Å²) in [5.41, 5.74) is 3.85. The van der Waals surface area contributed by atoms with Crippen molar-refractivity contribution >= 4 is 52.3 Å². The molecule has 4 aromatic carbocycles. The number of nitrogens with one attached hydrogen (secondary N) is 1. The van der Waals surface area contributed by atoms with Gasteiger partial charge < -0.3 is 10.1 Å². The molecule has 5 rings (SSSR count). The number of carbonyl (C=O) groups excluding carboxylic acids is 2. The van der Waals surface area contributed by atoms with Crippen molar-refractivity contribution in [3.8, 4) is 6.07 Å². The van der Waals surface area contributed by atoms with Gasteiger partial charge in [0.05, 0.1) is 46.2 Å². The Kier molecular flexibility index (Phi) is 9.63. The zero-order chi connectivity index (χ0) is 30.2. The second-order valence-corrected chi connectivity index (χ2v) is 10.9. The Hall–Kier alpha value is -4.77. The van der Waals surface area contributed by atoms with E-state index >= 15 is 0 Å². The summed E-state index contributed by atoms with van der Waals surface area (Å²) in [5, 5.41) is 14.7. The maximum Gasteiger partial charge on any atom is 0.337 e. The molecular weight excluding hydrogens is 578 g/mol. The number of hydrogen-bond donors (Lipinski definition) is 1. The summed E-state index contributed by atoms with van der Waals surface area (Å²) < 4.78 is 5.50. The van der Waals surface area contributed by atoms with Crippen LogP contribution in [0.25, 0.3) is 5.70 Å². The highest BCUT2D eigenvalue weighted by molar-refractivity contribution is 8.03. The molecule has 1 atom stereocenters. The molecule has 1 N–H and O–H groups in total. The lowest BCUT2D eigenvalue weighted by atomic mass is 9.81. The Bertz CT molecular complexity index is 1680. The molecule has 8 heteroatoms. The number of carbonyl (C=O) groups is 2. The summed E-state index contributed by atoms with van der Waals surface area (Å²) in [7, 11) is 0. The van der Waals surface area contributed by atoms with Gasteiger partial charge in [0.1, 0.15) is 0 Å². The van der Waals surface area contributed by atoms with Gasteiger partial charge in [-0.25, -0.2) is 4.79 Å². The van der Waals surface area contributed by atoms with Gasteiger partial charge in [0.25, 0.3) is 0 Å². The molecule has 1 aliphatic heterocycles. The van der Waals surface area contributed by atoms with Crippen molar-refractivity contribution in [2.24, 2.45) is 0 Å². The summed E-state index contributed by atoms with van der Waals surface area (Å²) in [5.74, 6) is -1.52. The average molecular weight is 606 g/mol. The maximum absolute atomic E-state index is 13.9. The van der Waals surface area contributed by atoms with Crippen LogP contribution in [0.1, 0.15) is 24.0 Å². The van der Waals surface area contributed by atoms with Crippen LogP contribution in [0.2, 0.25) is 5.02 Å². The molecule has 6 nitrogen and oxygen atoms in total. The van der Waals surface area contributed by atoms with E-state index in [-0.39, 0.29) is 29.4 Å². The molecule has 214 valence electrons. The lowest BCUT2D eigenvalue weighted by Gasteiger charge is -2.31. The van der Waals surface area contributed by atoms with E-state index in [0.717, 1.165) is 16.9 Å². The van der Waals surface area contributed by atoms with Crippen LogP contribution in [0.4, 0.5) is 11.4 Å². The minimum Gasteiger partial charge on any atom is -0.463 e. The highest BCUT2D eigenvalue weighted by Gasteiger charge is 2.38. The summed E-state index contributed by atoms with van der Waals surface area (Å²) in [4.78, 5) is 29.1. The fraction of sp³-hybridized carbons (Fsp3) is 0.114. The molecule has 0 fully saturated rings. The van der Waals surface area contributed by atoms with Crippen molar-refractivity contribution in [1.29, 1.82) is 5.26 Å². The van der Waals surface area contributed by atoms with Gasteiger partial charge in [-0.05, 0) is 48.4 Å². The van der Waals surface area contributed by atoms with Gasteiger partial charge in [-0.1, -0.05) is 108 Å². The number of benzene rings is 4. The number of halogens is 1. The van der Waals surface area contributed by atoms with Crippen molar-refractivity contribution in [2.45, 2.75) is 12.8 Å². The van der Waals surface area contributed by atoms with Crippen molar-refractivity contribution in [3.05, 3.63) is 148 Å². The number of nitriles is 1. The number of para-hydroxylation sites is 2. The molecule has 0 bridgehead atoms. The lowest BCUT2D eigenvalue weighted by Crippen LogP contribution is -2.31. The van der Waals surface area contributed by atoms with Gasteiger partial charge in [0.15, 0.2) is 0 Å². The minimum atomic E-state index is -0.814. The number of dihydropyridines is 1. The average Bonchev–Trinajstić information content (AvgIpc) is 3.05. The molecule has 0 aliphatic carbocycles. The summed E-state index contributed by atoms with van der Waals surface area (Å²) >= 11 is 7.89. The third kappa shape index (κ3) is 6.51. The molecule has 0 saturated heterocycles. The Labute approximate surface area is 260 Å². The number of anilines is 2. The fourth-order valence-electron chi connectivity index (χ4n) is 4.97. The van der Waals surface area contributed by atoms with Crippen molar-refractivity contribution in [1.82, 2.24) is 5.32 Å². The maximum atomic E-state index is 13.9. The van der Waals surface area contributed by atoms with E-state index in [1.165, 1.54) is 11.8 Å². The van der Waals surface area contributed by atoms with Gasteiger partial charge >= 0.3 is 5.97 Å². The van der Waals surface area contributed by atoms with Crippen LogP contribution >= 0.6 is 23.4 Å². The molecule has 43 heavy (non-hydrogen) atoms. The Balaban J connectivity index is 1.59. The molecular formula is C35H28ClN3O3S. The number of rotatable bonds is 9. The number of thioether (sulfide) groups is 1. The first kappa shape index (κ1) is 29.7. The van der Waals surface area contributed by atoms with Gasteiger partial charge in [0.2, 0.25) is 5.91 Å². The fourth-order valence-corrected chi connectivity index (χ4v) is 6.10. The lowest BCUT2D eigenvalue weighted by molar-refractivity contribution is -0.138. The van der Waals surface area contributed by atoms with E-state index in [1.807, 2.05) is 97.1 Å². The van der Waals surface area contributed by atoms with E-state index in [1.54, 1.807) is 30.0 Å². The third-order valence-corrected chi connectivity index (χ3v) is 8.19. The largest absolute Gasteiger partial charge is 0.463 e. The number of nitrogens with zero attached hydrogens (tertiary/aromatic N) is 2. The molecule has 0 saturated carbocycles. The molecule has 4 aromatic rings. The molecule has 0 spiro atoms. The number of esters is 1. The number of ether oxygens (including phenoxy) is 1. The SMILES string of the molecule is CCOC(=O)C1=C(c2ccccc2)NC(SCC(=O)N(c2ccccc2)c2ccccc2)=C(C#N)[C@@H]1c1ccccc1Cl. The van der Waals surface area contributed by atoms with Gasteiger partial charge in [-0.15, -0.1) is 0 Å². The van der Waals surface area contributed by atoms with E-state index in [9.17, 15) is 14.9 Å². The van der Waals surface area contributed by atoms with Crippen LogP contribution in [0.15, 0.2) is 131 Å². The zero-order valence-electron chi connectivity index (χ0n) is 23.4. The molecule has 1 amide bonds. The normalized spacial score (nSPS) is 14.5. The highest BCUT2D eigenvalue weighted by Crippen LogP contribution is 2.45. The van der Waals surface area contributed by atoms with Gasteiger partial charge in [-0.2, -0.15) is 5.26 Å². The molecule has 0 aromatic heterocycles. The Morgan fingerprint density at radius 2 is 1.44 bits per heavy atom. The van der Waals surface area contributed by atoms with E-state index < -0.39 is 11.9 Å². The number of hydrogen-bond acceptors (Lipinski definition) is 6. The number of amides is 1. The predicted molar refractivity (Wildman–Crippen MR) is 172 cm³/mol. The van der Waals surface area contributed by atoms with Crippen LogP contribution in [0.3, 0.4) is 0 Å². The quantitative estimate of drug-likeness (QED) is 0.196. The van der Waals surface area contributed by atoms with Crippen molar-refractivity contribution in [2.75, 3.05) is 17.3 Å². The van der Waals surface area contributed by atoms with Gasteiger partial charge in [-0.3, -0.25) is 9.69 Å². The van der Waals surface area contributed by atoms with Gasteiger partial charge in [0, 0.05) is 16.4 Å². The standard InChI is InChI=1S/C35H28ClN3O3S/c1-2-42-35(41)32-31(27-20-12-13-21-29(27)36)28(22-37)34(38-33(32)24-14-6-3-7-15-24)43-23-30(40)39(25-16-8-4-9-17-25)26-18-10-5-11-19-26/h3-21,31,38H,2,23H2,1H3/t31-/m0/s1. The second kappa shape index (κ2) is 13.9. The van der Waals surface area contributed by atoms with Crippen LogP contribution in [0.5, 0.6) is 0 Å². The van der Waals surface area contributed by atoms with Crippen LogP contribution in [0, 0.1) is 11.3 Å². The first-order valence-electron chi connectivity index (χ1n) is 13.7. The summed E-state index contributed by atoms with van der Waals surface area (Å²) in [6.07, 6.45) is 0. The van der Waals surface area contributed by atoms with Crippen LogP contribution < -0.4 is 10.2 Å². The van der Waals surface area contributed by atoms with E-state index in [2.05, 4.69) is 11.4 Å². The summed E-state index contributed by atoms with van der Waals surface area (Å²) in [6.45, 7) is 1.90. The molecule has 0 unspecified atom stereocenters. The minimum absolute atomic E-state index is 0.0172. The first-order valence-corrected chi connectivity index (χ1v) is 15.1. The molecule has 0 radical (unpaired) electrons. The van der Waals surface area contributed by atoms with Crippen LogP contribution in [-0.2, 0) is 14.3 Å². The predicted octanol–water partition coefficient (Wildman–Crippen LogP) is 7.83. The second-order valence-electron chi connectivity index (χ2n) is 9.50. The van der Waals surface area contributed by atoms with Crippen molar-refractivity contribution < 1.29 is 14.3 Å². The highest BCUT2D eigenvalue weighted by atomic mass is 35.5. The smallest absolute Gasteiger partial charge is 0.337 e. The van der Waals surface area contributed by atoms with Crippen LogP contribution in [-0.4, -0.2) is 24.2 Å².